The summed E-state index contributed by atoms with van der Waals surface area (Å²) in [4.78, 5) is 27.9. The summed E-state index contributed by atoms with van der Waals surface area (Å²) >= 11 is 0. The maximum absolute atomic E-state index is 12.4. The van der Waals surface area contributed by atoms with Gasteiger partial charge in [0.25, 0.3) is 0 Å². The number of hydrogen-bond acceptors (Lipinski definition) is 6. The molecule has 172 valence electrons. The number of Topliss-reactive ketones (excluding diaryl/α,β-unsaturated/α-hetero) is 1. The first-order valence-corrected chi connectivity index (χ1v) is 12.3. The second-order valence-electron chi connectivity index (χ2n) is 7.94. The van der Waals surface area contributed by atoms with Crippen LogP contribution in [0.15, 0.2) is 47.5 Å². The third kappa shape index (κ3) is 6.86. The summed E-state index contributed by atoms with van der Waals surface area (Å²) in [6.45, 7) is 1.93. The lowest BCUT2D eigenvalue weighted by Crippen LogP contribution is -2.28. The third-order valence-corrected chi connectivity index (χ3v) is 6.92. The minimum atomic E-state index is -3.78. The summed E-state index contributed by atoms with van der Waals surface area (Å²) in [5.41, 5.74) is 0.431. The number of benzene rings is 1. The molecule has 1 aromatic carbocycles. The molecular formula is C23H29N3O5S. The van der Waals surface area contributed by atoms with E-state index in [0.717, 1.165) is 12.8 Å². The SMILES string of the molecule is CC(=O)c1ccc(S(=O)(=O)NCCC(=O)Nc2ncccc2OCC2CCCCC2)cc1. The van der Waals surface area contributed by atoms with Gasteiger partial charge in [-0.05, 0) is 49.9 Å². The molecule has 1 aromatic heterocycles. The van der Waals surface area contributed by atoms with Crippen molar-refractivity contribution >= 4 is 27.5 Å². The molecule has 0 aliphatic heterocycles. The monoisotopic (exact) mass is 459 g/mol. The van der Waals surface area contributed by atoms with Crippen LogP contribution in [0.25, 0.3) is 0 Å². The molecule has 0 spiro atoms. The van der Waals surface area contributed by atoms with Crippen molar-refractivity contribution in [1.82, 2.24) is 9.71 Å². The fraction of sp³-hybridized carbons (Fsp3) is 0.435. The lowest BCUT2D eigenvalue weighted by molar-refractivity contribution is -0.116. The van der Waals surface area contributed by atoms with Crippen molar-refractivity contribution in [3.8, 4) is 5.75 Å². The highest BCUT2D eigenvalue weighted by atomic mass is 32.2. The summed E-state index contributed by atoms with van der Waals surface area (Å²) in [5, 5.41) is 2.70. The third-order valence-electron chi connectivity index (χ3n) is 5.44. The number of aromatic nitrogens is 1. The number of sulfonamides is 1. The Balaban J connectivity index is 1.49. The molecule has 1 amide bonds. The van der Waals surface area contributed by atoms with E-state index in [1.165, 1.54) is 50.5 Å². The quantitative estimate of drug-likeness (QED) is 0.525. The van der Waals surface area contributed by atoms with Gasteiger partial charge in [0.2, 0.25) is 15.9 Å². The van der Waals surface area contributed by atoms with Crippen LogP contribution >= 0.6 is 0 Å². The van der Waals surface area contributed by atoms with E-state index in [2.05, 4.69) is 15.0 Å². The summed E-state index contributed by atoms with van der Waals surface area (Å²) in [6.07, 6.45) is 7.53. The predicted molar refractivity (Wildman–Crippen MR) is 121 cm³/mol. The topological polar surface area (TPSA) is 114 Å². The molecule has 0 radical (unpaired) electrons. The molecule has 1 aliphatic carbocycles. The van der Waals surface area contributed by atoms with Crippen molar-refractivity contribution in [3.05, 3.63) is 48.2 Å². The number of ether oxygens (including phenoxy) is 1. The summed E-state index contributed by atoms with van der Waals surface area (Å²) in [6, 6.07) is 9.15. The minimum absolute atomic E-state index is 0.0334. The first-order valence-electron chi connectivity index (χ1n) is 10.8. The normalized spacial score (nSPS) is 14.7. The Kier molecular flexibility index (Phi) is 8.35. The molecule has 2 aromatic rings. The highest BCUT2D eigenvalue weighted by molar-refractivity contribution is 7.89. The zero-order valence-corrected chi connectivity index (χ0v) is 19.0. The van der Waals surface area contributed by atoms with Gasteiger partial charge in [-0.2, -0.15) is 0 Å². The smallest absolute Gasteiger partial charge is 0.240 e. The van der Waals surface area contributed by atoms with Crippen LogP contribution in [0, 0.1) is 5.92 Å². The van der Waals surface area contributed by atoms with Crippen molar-refractivity contribution in [2.24, 2.45) is 5.92 Å². The number of anilines is 1. The lowest BCUT2D eigenvalue weighted by Gasteiger charge is -2.22. The van der Waals surface area contributed by atoms with Gasteiger partial charge in [-0.3, -0.25) is 9.59 Å². The number of amides is 1. The molecule has 32 heavy (non-hydrogen) atoms. The van der Waals surface area contributed by atoms with Crippen LogP contribution in [0.4, 0.5) is 5.82 Å². The molecule has 0 unspecified atom stereocenters. The number of carbonyl (C=O) groups excluding carboxylic acids is 2. The molecule has 1 heterocycles. The van der Waals surface area contributed by atoms with Gasteiger partial charge in [0.15, 0.2) is 17.4 Å². The van der Waals surface area contributed by atoms with E-state index in [-0.39, 0.29) is 29.6 Å². The summed E-state index contributed by atoms with van der Waals surface area (Å²) in [7, 11) is -3.78. The van der Waals surface area contributed by atoms with E-state index in [1.807, 2.05) is 0 Å². The molecule has 8 nitrogen and oxygen atoms in total. The Morgan fingerprint density at radius 1 is 1.09 bits per heavy atom. The Bertz CT molecular complexity index is 1030. The van der Waals surface area contributed by atoms with E-state index in [4.69, 9.17) is 4.74 Å². The standard InChI is InChI=1S/C23H29N3O5S/c1-17(27)19-9-11-20(12-10-19)32(29,30)25-15-13-22(28)26-23-21(8-5-14-24-23)31-16-18-6-3-2-4-7-18/h5,8-12,14,18,25H,2-4,6-7,13,15-16H2,1H3,(H,24,26,28). The summed E-state index contributed by atoms with van der Waals surface area (Å²) < 4.78 is 33.1. The number of carbonyl (C=O) groups is 2. The molecule has 0 atom stereocenters. The molecule has 3 rings (SSSR count). The largest absolute Gasteiger partial charge is 0.489 e. The van der Waals surface area contributed by atoms with Crippen LogP contribution in [0.5, 0.6) is 5.75 Å². The van der Waals surface area contributed by atoms with Crippen molar-refractivity contribution in [3.63, 3.8) is 0 Å². The van der Waals surface area contributed by atoms with E-state index in [9.17, 15) is 18.0 Å². The van der Waals surface area contributed by atoms with Crippen molar-refractivity contribution < 1.29 is 22.7 Å². The molecular weight excluding hydrogens is 430 g/mol. The fourth-order valence-corrected chi connectivity index (χ4v) is 4.64. The van der Waals surface area contributed by atoms with Crippen LogP contribution in [-0.4, -0.2) is 38.2 Å². The highest BCUT2D eigenvalue weighted by Gasteiger charge is 2.17. The average Bonchev–Trinajstić information content (AvgIpc) is 2.79. The van der Waals surface area contributed by atoms with E-state index < -0.39 is 10.0 Å². The molecule has 0 saturated heterocycles. The lowest BCUT2D eigenvalue weighted by atomic mass is 9.90. The van der Waals surface area contributed by atoms with Gasteiger partial charge in [0, 0.05) is 24.7 Å². The molecule has 9 heteroatoms. The number of hydrogen-bond donors (Lipinski definition) is 2. The zero-order chi connectivity index (χ0) is 23.0. The first kappa shape index (κ1) is 23.9. The van der Waals surface area contributed by atoms with Crippen molar-refractivity contribution in [2.45, 2.75) is 50.3 Å². The maximum atomic E-state index is 12.4. The second kappa shape index (κ2) is 11.2. The number of ketones is 1. The van der Waals surface area contributed by atoms with Gasteiger partial charge < -0.3 is 10.1 Å². The minimum Gasteiger partial charge on any atom is -0.489 e. The van der Waals surface area contributed by atoms with Gasteiger partial charge in [-0.15, -0.1) is 0 Å². The Hall–Kier alpha value is -2.78. The van der Waals surface area contributed by atoms with Gasteiger partial charge in [0.1, 0.15) is 0 Å². The van der Waals surface area contributed by atoms with Gasteiger partial charge in [-0.1, -0.05) is 31.4 Å². The van der Waals surface area contributed by atoms with E-state index in [1.54, 1.807) is 18.3 Å². The predicted octanol–water partition coefficient (Wildman–Crippen LogP) is 3.55. The average molecular weight is 460 g/mol. The second-order valence-corrected chi connectivity index (χ2v) is 9.71. The van der Waals surface area contributed by atoms with Crippen LogP contribution in [0.3, 0.4) is 0 Å². The molecule has 2 N–H and O–H groups in total. The molecule has 1 aliphatic rings. The van der Waals surface area contributed by atoms with E-state index in [0.29, 0.717) is 29.7 Å². The summed E-state index contributed by atoms with van der Waals surface area (Å²) in [5.74, 6) is 0.844. The first-order chi connectivity index (χ1) is 15.3. The highest BCUT2D eigenvalue weighted by Crippen LogP contribution is 2.27. The van der Waals surface area contributed by atoms with Crippen molar-refractivity contribution in [1.29, 1.82) is 0 Å². The molecule has 1 fully saturated rings. The fourth-order valence-electron chi connectivity index (χ4n) is 3.61. The van der Waals surface area contributed by atoms with Gasteiger partial charge in [-0.25, -0.2) is 18.1 Å². The van der Waals surface area contributed by atoms with Crippen LogP contribution in [0.1, 0.15) is 55.8 Å². The zero-order valence-electron chi connectivity index (χ0n) is 18.2. The number of pyridine rings is 1. The number of nitrogens with zero attached hydrogens (tertiary/aromatic N) is 1. The number of nitrogens with one attached hydrogen (secondary N) is 2. The molecule has 1 saturated carbocycles. The Labute approximate surface area is 188 Å². The number of rotatable bonds is 10. The Morgan fingerprint density at radius 3 is 2.50 bits per heavy atom. The van der Waals surface area contributed by atoms with Crippen LogP contribution in [-0.2, 0) is 14.8 Å². The van der Waals surface area contributed by atoms with E-state index >= 15 is 0 Å². The van der Waals surface area contributed by atoms with Crippen LogP contribution < -0.4 is 14.8 Å². The van der Waals surface area contributed by atoms with Gasteiger partial charge in [0.05, 0.1) is 11.5 Å². The van der Waals surface area contributed by atoms with Crippen molar-refractivity contribution in [2.75, 3.05) is 18.5 Å². The van der Waals surface area contributed by atoms with Gasteiger partial charge >= 0.3 is 0 Å². The maximum Gasteiger partial charge on any atom is 0.240 e. The Morgan fingerprint density at radius 2 is 1.81 bits per heavy atom. The molecule has 0 bridgehead atoms. The van der Waals surface area contributed by atoms with Crippen LogP contribution in [0.2, 0.25) is 0 Å².